The zero-order chi connectivity index (χ0) is 16.5. The molecule has 6 nitrogen and oxygen atoms in total. The topological polar surface area (TPSA) is 143 Å². The largest absolute Gasteiger partial charge is 2.00 e. The maximum absolute atomic E-state index is 10.3. The maximum atomic E-state index is 10.3. The first-order valence-corrected chi connectivity index (χ1v) is 6.35. The summed E-state index contributed by atoms with van der Waals surface area (Å²) in [6, 6.07) is 12.7. The Bertz CT molecular complexity index is 616. The van der Waals surface area contributed by atoms with Gasteiger partial charge in [0.2, 0.25) is 0 Å². The van der Waals surface area contributed by atoms with Crippen molar-refractivity contribution in [3.8, 4) is 0 Å². The molecule has 0 fully saturated rings. The molecule has 2 aromatic rings. The molecule has 25 heavy (non-hydrogen) atoms. The summed E-state index contributed by atoms with van der Waals surface area (Å²) in [5, 5.41) is 20.5. The van der Waals surface area contributed by atoms with E-state index in [2.05, 4.69) is 13.2 Å². The van der Waals surface area contributed by atoms with Crippen LogP contribution in [-0.2, 0) is 0 Å². The minimum atomic E-state index is -1.15. The Labute approximate surface area is 169 Å². The number of carboxylic acid groups (broad SMARTS) is 2. The third-order valence-corrected chi connectivity index (χ3v) is 2.76. The fourth-order valence-corrected chi connectivity index (χ4v) is 1.51. The molecule has 0 atom stereocenters. The zero-order valence-electron chi connectivity index (χ0n) is 13.3. The minimum Gasteiger partial charge on any atom is -0.545 e. The van der Waals surface area contributed by atoms with E-state index in [1.807, 2.05) is 0 Å². The van der Waals surface area contributed by atoms with E-state index in [4.69, 9.17) is 0 Å². The van der Waals surface area contributed by atoms with Crippen LogP contribution in [0.3, 0.4) is 0 Å². The Morgan fingerprint density at radius 2 is 0.920 bits per heavy atom. The zero-order valence-corrected chi connectivity index (χ0v) is 17.5. The molecule has 0 spiro atoms. The second-order valence-corrected chi connectivity index (χ2v) is 4.23. The molecule has 0 aliphatic heterocycles. The van der Waals surface area contributed by atoms with Gasteiger partial charge < -0.3 is 30.8 Å². The van der Waals surface area contributed by atoms with Gasteiger partial charge >= 0.3 is 31.1 Å². The minimum absolute atomic E-state index is 0. The molecule has 7 heteroatoms. The van der Waals surface area contributed by atoms with Crippen LogP contribution >= 0.6 is 0 Å². The van der Waals surface area contributed by atoms with Crippen LogP contribution < -0.4 is 10.2 Å². The fourth-order valence-electron chi connectivity index (χ4n) is 1.51. The van der Waals surface area contributed by atoms with E-state index in [1.54, 1.807) is 36.4 Å². The van der Waals surface area contributed by atoms with E-state index in [-0.39, 0.29) is 53.2 Å². The Hall–Kier alpha value is -2.17. The number of carboxylic acids is 2. The van der Waals surface area contributed by atoms with E-state index >= 15 is 0 Å². The summed E-state index contributed by atoms with van der Waals surface area (Å²) in [4.78, 5) is 20.5. The van der Waals surface area contributed by atoms with Gasteiger partial charge in [-0.25, -0.2) is 0 Å². The molecule has 2 aromatic carbocycles. The van der Waals surface area contributed by atoms with Crippen molar-refractivity contribution in [2.24, 2.45) is 0 Å². The second kappa shape index (κ2) is 14.2. The fraction of sp³-hybridized carbons (Fsp3) is 0. The van der Waals surface area contributed by atoms with Crippen LogP contribution in [-0.4, -0.2) is 22.9 Å². The summed E-state index contributed by atoms with van der Waals surface area (Å²) in [5.74, 6) is -2.30. The normalized spacial score (nSPS) is 8.00. The Balaban J connectivity index is -0.000000346. The molecule has 0 saturated carbocycles. The van der Waals surface area contributed by atoms with Crippen LogP contribution in [0.25, 0.3) is 12.2 Å². The third kappa shape index (κ3) is 9.65. The first kappa shape index (κ1) is 27.7. The van der Waals surface area contributed by atoms with Crippen molar-refractivity contribution in [2.45, 2.75) is 0 Å². The number of carbonyl (C=O) groups excluding carboxylic acids is 2. The van der Waals surface area contributed by atoms with E-state index in [1.165, 1.54) is 24.3 Å². The molecular weight excluding hydrogens is 550 g/mol. The summed E-state index contributed by atoms with van der Waals surface area (Å²) in [6.45, 7) is 7.08. The molecule has 130 valence electrons. The van der Waals surface area contributed by atoms with Gasteiger partial charge in [0.25, 0.3) is 0 Å². The number of benzene rings is 2. The Morgan fingerprint density at radius 3 is 1.08 bits per heavy atom. The van der Waals surface area contributed by atoms with Gasteiger partial charge in [-0.1, -0.05) is 73.8 Å². The van der Waals surface area contributed by atoms with E-state index in [0.29, 0.717) is 0 Å². The van der Waals surface area contributed by atoms with Gasteiger partial charge in [-0.2, -0.15) is 0 Å². The van der Waals surface area contributed by atoms with Crippen molar-refractivity contribution in [3.63, 3.8) is 0 Å². The van der Waals surface area contributed by atoms with Crippen molar-refractivity contribution < 1.29 is 61.9 Å². The quantitative estimate of drug-likeness (QED) is 0.501. The molecule has 4 N–H and O–H groups in total. The molecule has 0 radical (unpaired) electrons. The summed E-state index contributed by atoms with van der Waals surface area (Å²) < 4.78 is 0. The van der Waals surface area contributed by atoms with Crippen LogP contribution in [0.1, 0.15) is 31.8 Å². The number of aromatic carboxylic acids is 2. The average Bonchev–Trinajstić information content (AvgIpc) is 2.55. The molecule has 2 rings (SSSR count). The molecule has 0 bridgehead atoms. The first-order chi connectivity index (χ1) is 10.5. The summed E-state index contributed by atoms with van der Waals surface area (Å²) >= 11 is 0. The summed E-state index contributed by atoms with van der Waals surface area (Å²) in [7, 11) is 0. The SMILES string of the molecule is C=Cc1ccc(C(=O)[O-])cc1.C=Cc1ccc(C(=O)[O-])cc1.O.O.[U+2]. The predicted octanol–water partition coefficient (Wildman–Crippen LogP) is -0.263. The molecule has 0 amide bonds. The van der Waals surface area contributed by atoms with Crippen molar-refractivity contribution in [1.29, 1.82) is 0 Å². The smallest absolute Gasteiger partial charge is 0.545 e. The van der Waals surface area contributed by atoms with Crippen molar-refractivity contribution in [2.75, 3.05) is 0 Å². The van der Waals surface area contributed by atoms with Crippen LogP contribution in [0.2, 0.25) is 0 Å². The molecule has 0 heterocycles. The van der Waals surface area contributed by atoms with Gasteiger partial charge in [-0.05, 0) is 22.3 Å². The van der Waals surface area contributed by atoms with Crippen molar-refractivity contribution in [3.05, 3.63) is 83.9 Å². The van der Waals surface area contributed by atoms with Gasteiger partial charge in [0.05, 0.1) is 11.9 Å². The molecule has 0 aliphatic rings. The van der Waals surface area contributed by atoms with Gasteiger partial charge in [0.15, 0.2) is 0 Å². The van der Waals surface area contributed by atoms with Gasteiger partial charge in [0, 0.05) is 0 Å². The predicted molar refractivity (Wildman–Crippen MR) is 89.0 cm³/mol. The van der Waals surface area contributed by atoms with Gasteiger partial charge in [-0.15, -0.1) is 0 Å². The molecule has 0 aromatic heterocycles. The van der Waals surface area contributed by atoms with Crippen LogP contribution in [0.5, 0.6) is 0 Å². The van der Waals surface area contributed by atoms with Crippen LogP contribution in [0.4, 0.5) is 0 Å². The van der Waals surface area contributed by atoms with Gasteiger partial charge in [-0.3, -0.25) is 0 Å². The molecular formula is C18H18O6U. The molecule has 0 unspecified atom stereocenters. The number of rotatable bonds is 4. The standard InChI is InChI=1S/2C9H8O2.2H2O.U/c2*1-2-7-3-5-8(6-4-7)9(10)11;;;/h2*2-6H,1H2,(H,10,11);2*1H2;/q;;;;+2/p-2. The summed E-state index contributed by atoms with van der Waals surface area (Å²) in [5.41, 5.74) is 2.18. The van der Waals surface area contributed by atoms with Crippen LogP contribution in [0, 0.1) is 31.1 Å². The Morgan fingerprint density at radius 1 is 0.680 bits per heavy atom. The molecule has 0 aliphatic carbocycles. The number of hydrogen-bond acceptors (Lipinski definition) is 4. The van der Waals surface area contributed by atoms with E-state index in [9.17, 15) is 19.8 Å². The molecule has 0 saturated heterocycles. The van der Waals surface area contributed by atoms with Gasteiger partial charge in [0.1, 0.15) is 0 Å². The van der Waals surface area contributed by atoms with Crippen molar-refractivity contribution >= 4 is 24.1 Å². The third-order valence-electron chi connectivity index (χ3n) is 2.76. The number of carbonyl (C=O) groups is 2. The first-order valence-electron chi connectivity index (χ1n) is 6.35. The summed E-state index contributed by atoms with van der Waals surface area (Å²) in [6.07, 6.45) is 3.30. The Kier molecular flexibility index (Phi) is 15.7. The second-order valence-electron chi connectivity index (χ2n) is 4.23. The van der Waals surface area contributed by atoms with E-state index in [0.717, 1.165) is 11.1 Å². The number of hydrogen-bond donors (Lipinski definition) is 0. The maximum Gasteiger partial charge on any atom is 2.00 e. The average molecular weight is 568 g/mol. The van der Waals surface area contributed by atoms with Crippen LogP contribution in [0.15, 0.2) is 61.7 Å². The monoisotopic (exact) mass is 568 g/mol. The van der Waals surface area contributed by atoms with Crippen molar-refractivity contribution in [1.82, 2.24) is 0 Å². The van der Waals surface area contributed by atoms with E-state index < -0.39 is 11.9 Å².